The van der Waals surface area contributed by atoms with Gasteiger partial charge < -0.3 is 26.8 Å². The number of nitrogens with one attached hydrogen (secondary N) is 2. The van der Waals surface area contributed by atoms with Crippen LogP contribution in [0.1, 0.15) is 22.7 Å². The second-order valence-corrected chi connectivity index (χ2v) is 5.55. The lowest BCUT2D eigenvalue weighted by molar-refractivity contribution is 0.425. The number of halogens is 1. The molecule has 1 aliphatic heterocycles. The third-order valence-electron chi connectivity index (χ3n) is 3.98. The molecule has 0 fully saturated rings. The number of fused-ring (bicyclic) bond motifs is 1. The number of hydrogen-bond acceptors (Lipinski definition) is 10. The zero-order valence-electron chi connectivity index (χ0n) is 13.6. The van der Waals surface area contributed by atoms with Gasteiger partial charge in [0.15, 0.2) is 6.19 Å². The van der Waals surface area contributed by atoms with Crippen LogP contribution in [0, 0.1) is 28.6 Å². The van der Waals surface area contributed by atoms with Gasteiger partial charge in [0, 0.05) is 5.56 Å². The Morgan fingerprint density at radius 1 is 1.30 bits per heavy atom. The second-order valence-electron chi connectivity index (χ2n) is 5.55. The van der Waals surface area contributed by atoms with E-state index >= 15 is 0 Å². The number of nitrogens with zero attached hydrogens (tertiary/aromatic N) is 4. The molecule has 0 saturated heterocycles. The Kier molecular flexibility index (Phi) is 4.52. The molecule has 0 bridgehead atoms. The fourth-order valence-corrected chi connectivity index (χ4v) is 2.82. The van der Waals surface area contributed by atoms with E-state index in [2.05, 4.69) is 20.6 Å². The summed E-state index contributed by atoms with van der Waals surface area (Å²) in [4.78, 5) is 8.31. The van der Waals surface area contributed by atoms with E-state index in [4.69, 9.17) is 16.7 Å². The van der Waals surface area contributed by atoms with Crippen molar-refractivity contribution in [3.63, 3.8) is 0 Å². The molecule has 134 valence electrons. The first-order chi connectivity index (χ1) is 12.9. The first-order valence-electron chi connectivity index (χ1n) is 7.51. The molecular formula is C15H12BFN8O2. The van der Waals surface area contributed by atoms with Gasteiger partial charge in [0.25, 0.3) is 0 Å². The Balaban J connectivity index is 2.32. The van der Waals surface area contributed by atoms with Gasteiger partial charge in [-0.1, -0.05) is 6.07 Å². The van der Waals surface area contributed by atoms with E-state index in [1.54, 1.807) is 6.19 Å². The average Bonchev–Trinajstić information content (AvgIpc) is 2.61. The van der Waals surface area contributed by atoms with Gasteiger partial charge in [-0.15, -0.1) is 0 Å². The monoisotopic (exact) mass is 366 g/mol. The predicted molar refractivity (Wildman–Crippen MR) is 95.7 cm³/mol. The fourth-order valence-electron chi connectivity index (χ4n) is 2.82. The molecule has 1 aromatic heterocycles. The van der Waals surface area contributed by atoms with Crippen LogP contribution in [-0.2, 0) is 0 Å². The molecule has 2 aromatic rings. The number of aromatic nitrogens is 1. The van der Waals surface area contributed by atoms with Crippen molar-refractivity contribution >= 4 is 35.9 Å². The average molecular weight is 366 g/mol. The van der Waals surface area contributed by atoms with Crippen molar-refractivity contribution in [2.24, 2.45) is 4.99 Å². The standard InChI is InChI=1S/C15H12BFN8O2/c17-6-1-2-9(16(26)27)7(3-6)12-10-11(20)8(4-18)13(21)24-14(10)25-15(23-12)22-5-19/h1-3,12,26-27H,(H6,20,21,22,23,24,25). The lowest BCUT2D eigenvalue weighted by Crippen LogP contribution is -2.37. The number of hydrogen-bond donors (Lipinski definition) is 6. The van der Waals surface area contributed by atoms with Gasteiger partial charge in [-0.2, -0.15) is 10.5 Å². The molecular weight excluding hydrogens is 354 g/mol. The summed E-state index contributed by atoms with van der Waals surface area (Å²) in [5.74, 6) is -0.722. The molecule has 10 nitrogen and oxygen atoms in total. The van der Waals surface area contributed by atoms with E-state index in [9.17, 15) is 19.7 Å². The van der Waals surface area contributed by atoms with Crippen LogP contribution < -0.4 is 27.6 Å². The van der Waals surface area contributed by atoms with E-state index in [1.165, 1.54) is 6.07 Å². The van der Waals surface area contributed by atoms with Crippen LogP contribution in [0.25, 0.3) is 0 Å². The number of anilines is 3. The molecule has 1 aliphatic rings. The highest BCUT2D eigenvalue weighted by Crippen LogP contribution is 2.40. The second kappa shape index (κ2) is 6.80. The zero-order valence-corrected chi connectivity index (χ0v) is 13.6. The molecule has 0 radical (unpaired) electrons. The third-order valence-corrected chi connectivity index (χ3v) is 3.98. The maximum absolute atomic E-state index is 13.9. The summed E-state index contributed by atoms with van der Waals surface area (Å²) < 4.78 is 13.9. The Morgan fingerprint density at radius 3 is 2.67 bits per heavy atom. The molecule has 1 aromatic carbocycles. The summed E-state index contributed by atoms with van der Waals surface area (Å²) in [5.41, 5.74) is 11.9. The lowest BCUT2D eigenvalue weighted by Gasteiger charge is -2.27. The number of nitrogens with two attached hydrogens (primary N) is 2. The number of guanidine groups is 1. The topological polar surface area (TPSA) is 189 Å². The zero-order chi connectivity index (χ0) is 19.7. The van der Waals surface area contributed by atoms with Crippen molar-refractivity contribution in [1.82, 2.24) is 10.3 Å². The van der Waals surface area contributed by atoms with Crippen LogP contribution in [-0.4, -0.2) is 28.1 Å². The molecule has 3 rings (SSSR count). The number of rotatable bonds is 2. The van der Waals surface area contributed by atoms with Gasteiger partial charge >= 0.3 is 7.12 Å². The molecule has 2 heterocycles. The fraction of sp³-hybridized carbons (Fsp3) is 0.0667. The quantitative estimate of drug-likeness (QED) is 0.217. The van der Waals surface area contributed by atoms with E-state index < -0.39 is 19.0 Å². The maximum Gasteiger partial charge on any atom is 0.488 e. The highest BCUT2D eigenvalue weighted by molar-refractivity contribution is 6.59. The van der Waals surface area contributed by atoms with Gasteiger partial charge in [-0.05, 0) is 23.2 Å². The van der Waals surface area contributed by atoms with Crippen LogP contribution in [0.2, 0.25) is 0 Å². The smallest absolute Gasteiger partial charge is 0.423 e. The molecule has 1 atom stereocenters. The van der Waals surface area contributed by atoms with Gasteiger partial charge in [0.2, 0.25) is 5.96 Å². The lowest BCUT2D eigenvalue weighted by atomic mass is 9.74. The van der Waals surface area contributed by atoms with Crippen LogP contribution in [0.4, 0.5) is 21.7 Å². The van der Waals surface area contributed by atoms with Gasteiger partial charge in [-0.25, -0.2) is 14.4 Å². The molecule has 12 heteroatoms. The molecule has 0 amide bonds. The minimum atomic E-state index is -1.92. The third kappa shape index (κ3) is 3.06. The summed E-state index contributed by atoms with van der Waals surface area (Å²) in [6.45, 7) is 0. The first-order valence-corrected chi connectivity index (χ1v) is 7.51. The van der Waals surface area contributed by atoms with Crippen molar-refractivity contribution in [1.29, 1.82) is 10.5 Å². The highest BCUT2D eigenvalue weighted by atomic mass is 19.1. The van der Waals surface area contributed by atoms with E-state index in [0.29, 0.717) is 0 Å². The molecule has 1 unspecified atom stereocenters. The molecule has 0 saturated carbocycles. The molecule has 8 N–H and O–H groups in total. The number of pyridine rings is 1. The Hall–Kier alpha value is -3.87. The first kappa shape index (κ1) is 17.9. The summed E-state index contributed by atoms with van der Waals surface area (Å²) in [6, 6.07) is 4.07. The Bertz CT molecular complexity index is 1040. The predicted octanol–water partition coefficient (Wildman–Crippen LogP) is -1.12. The van der Waals surface area contributed by atoms with Crippen molar-refractivity contribution in [3.05, 3.63) is 40.7 Å². The van der Waals surface area contributed by atoms with Crippen LogP contribution in [0.15, 0.2) is 23.2 Å². The maximum atomic E-state index is 13.9. The van der Waals surface area contributed by atoms with Crippen LogP contribution in [0.5, 0.6) is 0 Å². The number of benzene rings is 1. The summed E-state index contributed by atoms with van der Waals surface area (Å²) in [6.07, 6.45) is 1.68. The van der Waals surface area contributed by atoms with Crippen molar-refractivity contribution in [3.8, 4) is 12.3 Å². The number of nitriles is 2. The summed E-state index contributed by atoms with van der Waals surface area (Å²) in [5, 5.41) is 42.4. The van der Waals surface area contributed by atoms with E-state index in [0.717, 1.165) is 12.1 Å². The summed E-state index contributed by atoms with van der Waals surface area (Å²) in [7, 11) is -1.92. The van der Waals surface area contributed by atoms with E-state index in [1.807, 2.05) is 6.07 Å². The van der Waals surface area contributed by atoms with E-state index in [-0.39, 0.29) is 45.4 Å². The normalized spacial score (nSPS) is 14.9. The van der Waals surface area contributed by atoms with Gasteiger partial charge in [-0.3, -0.25) is 5.32 Å². The van der Waals surface area contributed by atoms with Crippen LogP contribution in [0.3, 0.4) is 0 Å². The minimum Gasteiger partial charge on any atom is -0.423 e. The number of nitrogen functional groups attached to an aromatic ring is 2. The van der Waals surface area contributed by atoms with Gasteiger partial charge in [0.05, 0.1) is 5.69 Å². The summed E-state index contributed by atoms with van der Waals surface area (Å²) >= 11 is 0. The largest absolute Gasteiger partial charge is 0.488 e. The number of aliphatic imine (C=N–C) groups is 1. The Labute approximate surface area is 152 Å². The van der Waals surface area contributed by atoms with Crippen molar-refractivity contribution in [2.75, 3.05) is 16.8 Å². The molecule has 0 spiro atoms. The molecule has 27 heavy (non-hydrogen) atoms. The minimum absolute atomic E-state index is 0.0240. The van der Waals surface area contributed by atoms with Crippen molar-refractivity contribution < 1.29 is 14.4 Å². The van der Waals surface area contributed by atoms with Crippen molar-refractivity contribution in [2.45, 2.75) is 6.04 Å². The SMILES string of the molecule is N#CNC1=NC(c2cc(F)ccc2B(O)O)c2c(nc(N)c(C#N)c2N)N1. The molecule has 0 aliphatic carbocycles. The van der Waals surface area contributed by atoms with Gasteiger partial charge in [0.1, 0.15) is 35.1 Å². The van der Waals surface area contributed by atoms with Crippen LogP contribution >= 0.6 is 0 Å². The highest BCUT2D eigenvalue weighted by Gasteiger charge is 2.32. The Morgan fingerprint density at radius 2 is 2.04 bits per heavy atom.